The summed E-state index contributed by atoms with van der Waals surface area (Å²) in [7, 11) is 0. The molecule has 0 aliphatic heterocycles. The van der Waals surface area contributed by atoms with Crippen molar-refractivity contribution in [1.29, 1.82) is 0 Å². The van der Waals surface area contributed by atoms with Gasteiger partial charge in [0, 0.05) is 0 Å². The van der Waals surface area contributed by atoms with Crippen molar-refractivity contribution in [3.8, 4) is 0 Å². The van der Waals surface area contributed by atoms with Crippen molar-refractivity contribution in [2.75, 3.05) is 0 Å². The van der Waals surface area contributed by atoms with Gasteiger partial charge in [-0.1, -0.05) is 13.8 Å². The van der Waals surface area contributed by atoms with Crippen LogP contribution in [-0.2, 0) is 55.2 Å². The third kappa shape index (κ3) is 18.2. The largest absolute Gasteiger partial charge is 3.00 e. The molecule has 0 spiro atoms. The molecule has 1 aromatic rings. The van der Waals surface area contributed by atoms with Gasteiger partial charge < -0.3 is 31.4 Å². The van der Waals surface area contributed by atoms with Crippen molar-refractivity contribution < 1.29 is 49.8 Å². The van der Waals surface area contributed by atoms with Crippen LogP contribution in [0.25, 0.3) is 0 Å². The molecule has 1 rings (SSSR count). The molecule has 0 aliphatic rings. The van der Waals surface area contributed by atoms with E-state index in [1.165, 1.54) is 0 Å². The Kier molecular flexibility index (Phi) is 44.3. The van der Waals surface area contributed by atoms with Crippen molar-refractivity contribution in [1.82, 2.24) is 0 Å². The normalized spacial score (nSPS) is 6.83. The van der Waals surface area contributed by atoms with Crippen LogP contribution in [0.4, 0.5) is 0 Å². The first-order valence-electron chi connectivity index (χ1n) is 3.90. The SMILES string of the molecule is [CH-]=O.[CH-]=O.[CH2-]C(C)(C)c1[c-]cccc1.[CH3-].[CH3-].[Ir+3].[Ir+3]. The molecule has 18 heavy (non-hydrogen) atoms. The minimum Gasteiger partial charge on any atom is -0.545 e. The molecule has 0 N–H and O–H groups in total. The number of hydrogen-bond donors (Lipinski definition) is 0. The first-order valence-corrected chi connectivity index (χ1v) is 3.90. The van der Waals surface area contributed by atoms with E-state index in [9.17, 15) is 0 Å². The van der Waals surface area contributed by atoms with Crippen LogP contribution in [0, 0.1) is 27.8 Å². The van der Waals surface area contributed by atoms with Gasteiger partial charge in [-0.15, -0.1) is 0 Å². The quantitative estimate of drug-likeness (QED) is 0.365. The molecule has 0 aliphatic carbocycles. The van der Waals surface area contributed by atoms with E-state index in [-0.39, 0.29) is 60.5 Å². The third-order valence-electron chi connectivity index (χ3n) is 1.44. The Balaban J connectivity index is -0.0000000412. The van der Waals surface area contributed by atoms with Crippen LogP contribution in [0.3, 0.4) is 0 Å². The monoisotopic (exact) mass is 606 g/mol. The Morgan fingerprint density at radius 2 is 1.44 bits per heavy atom. The van der Waals surface area contributed by atoms with Crippen LogP contribution in [-0.4, -0.2) is 13.6 Å². The summed E-state index contributed by atoms with van der Waals surface area (Å²) < 4.78 is 0. The van der Waals surface area contributed by atoms with E-state index >= 15 is 0 Å². The van der Waals surface area contributed by atoms with Crippen LogP contribution in [0.15, 0.2) is 24.3 Å². The summed E-state index contributed by atoms with van der Waals surface area (Å²) in [5.41, 5.74) is 1.15. The van der Waals surface area contributed by atoms with E-state index in [1.807, 2.05) is 24.3 Å². The molecule has 0 heterocycles. The third-order valence-corrected chi connectivity index (χ3v) is 1.44. The van der Waals surface area contributed by atoms with Gasteiger partial charge in [0.25, 0.3) is 0 Å². The fourth-order valence-electron chi connectivity index (χ4n) is 0.814. The predicted octanol–water partition coefficient (Wildman–Crippen LogP) is 2.95. The van der Waals surface area contributed by atoms with Gasteiger partial charge in [0.2, 0.25) is 0 Å². The Labute approximate surface area is 140 Å². The molecule has 0 radical (unpaired) electrons. The zero-order valence-electron chi connectivity index (χ0n) is 11.2. The van der Waals surface area contributed by atoms with Gasteiger partial charge in [0.1, 0.15) is 0 Å². The topological polar surface area (TPSA) is 34.1 Å². The summed E-state index contributed by atoms with van der Waals surface area (Å²) in [6.45, 7) is 14.7. The molecule has 0 aromatic heterocycles. The number of rotatable bonds is 1. The molecule has 4 heteroatoms. The summed E-state index contributed by atoms with van der Waals surface area (Å²) >= 11 is 0. The van der Waals surface area contributed by atoms with Crippen LogP contribution in [0.2, 0.25) is 0 Å². The molecule has 0 bridgehead atoms. The van der Waals surface area contributed by atoms with Crippen LogP contribution in [0.5, 0.6) is 0 Å². The van der Waals surface area contributed by atoms with Crippen molar-refractivity contribution in [2.45, 2.75) is 19.3 Å². The maximum absolute atomic E-state index is 7.75. The molecule has 1 aromatic carbocycles. The molecule has 0 fully saturated rings. The summed E-state index contributed by atoms with van der Waals surface area (Å²) in [4.78, 5) is 15.5. The van der Waals surface area contributed by atoms with Crippen molar-refractivity contribution >= 4 is 13.6 Å². The van der Waals surface area contributed by atoms with Crippen LogP contribution < -0.4 is 0 Å². The Morgan fingerprint density at radius 3 is 1.61 bits per heavy atom. The molecule has 0 unspecified atom stereocenters. The van der Waals surface area contributed by atoms with Gasteiger partial charge in [0.15, 0.2) is 0 Å². The zero-order valence-corrected chi connectivity index (χ0v) is 15.9. The van der Waals surface area contributed by atoms with Crippen molar-refractivity contribution in [2.24, 2.45) is 0 Å². The van der Waals surface area contributed by atoms with Crippen LogP contribution in [0.1, 0.15) is 19.4 Å². The Hall–Kier alpha value is -0.141. The predicted molar refractivity (Wildman–Crippen MR) is 70.0 cm³/mol. The maximum atomic E-state index is 7.75. The summed E-state index contributed by atoms with van der Waals surface area (Å²) in [6.07, 6.45) is 0. The van der Waals surface area contributed by atoms with E-state index in [0.29, 0.717) is 0 Å². The van der Waals surface area contributed by atoms with Gasteiger partial charge in [0.05, 0.1) is 0 Å². The van der Waals surface area contributed by atoms with Crippen LogP contribution >= 0.6 is 0 Å². The van der Waals surface area contributed by atoms with Gasteiger partial charge >= 0.3 is 40.2 Å². The second-order valence-electron chi connectivity index (χ2n) is 3.16. The molecule has 0 saturated heterocycles. The van der Waals surface area contributed by atoms with Gasteiger partial charge in [-0.05, 0) is 0 Å². The number of carbonyl (C=O) groups excluding carboxylic acids is 2. The van der Waals surface area contributed by atoms with E-state index in [1.54, 1.807) is 0 Å². The standard InChI is InChI=1S/C10H12.2CHO.2CH3.2Ir/c1-10(2,3)9-7-5-4-6-8-9;2*1-2;;;;/h4-7H,1H2,2-3H3;2*1H;2*1H3;;/q-2;4*-1;2*+3. The van der Waals surface area contributed by atoms with Gasteiger partial charge in [-0.25, -0.2) is 0 Å². The summed E-state index contributed by atoms with van der Waals surface area (Å²) in [5, 5.41) is 0. The van der Waals surface area contributed by atoms with Crippen molar-refractivity contribution in [3.63, 3.8) is 0 Å². The number of hydrogen-bond acceptors (Lipinski definition) is 2. The molecule has 2 nitrogen and oxygen atoms in total. The first-order chi connectivity index (χ1) is 6.61. The molecule has 0 atom stereocenters. The van der Waals surface area contributed by atoms with E-state index < -0.39 is 0 Å². The molecule has 106 valence electrons. The minimum absolute atomic E-state index is 0. The molecule has 0 amide bonds. The van der Waals surface area contributed by atoms with Gasteiger partial charge in [-0.2, -0.15) is 41.3 Å². The van der Waals surface area contributed by atoms with Crippen molar-refractivity contribution in [3.05, 3.63) is 57.7 Å². The van der Waals surface area contributed by atoms with Gasteiger partial charge in [-0.3, -0.25) is 13.6 Å². The molecular formula is C14H20Ir2O2. The molecular weight excluding hydrogens is 585 g/mol. The molecule has 0 saturated carbocycles. The number of benzene rings is 1. The van der Waals surface area contributed by atoms with E-state index in [4.69, 9.17) is 9.59 Å². The summed E-state index contributed by atoms with van der Waals surface area (Å²) in [5.74, 6) is 0. The fourth-order valence-corrected chi connectivity index (χ4v) is 0.814. The zero-order chi connectivity index (χ0) is 11.6. The maximum Gasteiger partial charge on any atom is 3.00 e. The second kappa shape index (κ2) is 22.1. The Bertz CT molecular complexity index is 231. The average molecular weight is 605 g/mol. The average Bonchev–Trinajstić information content (AvgIpc) is 2.24. The fraction of sp³-hybridized carbons (Fsp3) is 0.214. The van der Waals surface area contributed by atoms with E-state index in [0.717, 1.165) is 5.56 Å². The van der Waals surface area contributed by atoms with E-state index in [2.05, 4.69) is 40.4 Å². The summed E-state index contributed by atoms with van der Waals surface area (Å²) in [6, 6.07) is 11.1. The Morgan fingerprint density at radius 1 is 1.06 bits per heavy atom. The smallest absolute Gasteiger partial charge is 0.545 e. The first kappa shape index (κ1) is 36.1. The minimum atomic E-state index is -0.0126. The second-order valence-corrected chi connectivity index (χ2v) is 3.16.